The number of carbonyl (C=O) groups is 1. The summed E-state index contributed by atoms with van der Waals surface area (Å²) < 4.78 is 23.9. The van der Waals surface area contributed by atoms with Crippen molar-refractivity contribution in [1.29, 1.82) is 0 Å². The molecule has 1 atom stereocenters. The number of hydrogen-bond donors (Lipinski definition) is 1. The van der Waals surface area contributed by atoms with Gasteiger partial charge in [0.2, 0.25) is 0 Å². The number of amides is 2. The first kappa shape index (κ1) is 15.6. The molecule has 0 aliphatic carbocycles. The van der Waals surface area contributed by atoms with Gasteiger partial charge in [0.15, 0.2) is 0 Å². The molecule has 2 aromatic rings. The molecular formula is C17H19FN2O3. The molecule has 0 radical (unpaired) electrons. The molecule has 1 fully saturated rings. The Balaban J connectivity index is 1.67. The van der Waals surface area contributed by atoms with Crippen LogP contribution in [0.2, 0.25) is 0 Å². The van der Waals surface area contributed by atoms with E-state index in [1.807, 2.05) is 6.07 Å². The second-order valence-electron chi connectivity index (χ2n) is 5.53. The number of furan rings is 1. The fraction of sp³-hybridized carbons (Fsp3) is 0.353. The highest BCUT2D eigenvalue weighted by Crippen LogP contribution is 2.17. The van der Waals surface area contributed by atoms with Gasteiger partial charge in [-0.05, 0) is 49.2 Å². The van der Waals surface area contributed by atoms with E-state index in [2.05, 4.69) is 5.32 Å². The largest absolute Gasteiger partial charge is 0.467 e. The van der Waals surface area contributed by atoms with Gasteiger partial charge in [-0.2, -0.15) is 0 Å². The predicted molar refractivity (Wildman–Crippen MR) is 83.5 cm³/mol. The maximum Gasteiger partial charge on any atom is 0.322 e. The van der Waals surface area contributed by atoms with E-state index in [4.69, 9.17) is 9.15 Å². The highest BCUT2D eigenvalue weighted by molar-refractivity contribution is 5.89. The summed E-state index contributed by atoms with van der Waals surface area (Å²) in [6.45, 7) is 1.59. The van der Waals surface area contributed by atoms with Gasteiger partial charge in [-0.15, -0.1) is 0 Å². The van der Waals surface area contributed by atoms with Gasteiger partial charge in [-0.1, -0.05) is 0 Å². The summed E-state index contributed by atoms with van der Waals surface area (Å²) in [4.78, 5) is 14.2. The van der Waals surface area contributed by atoms with Crippen molar-refractivity contribution in [3.63, 3.8) is 0 Å². The summed E-state index contributed by atoms with van der Waals surface area (Å²) in [5, 5.41) is 2.78. The van der Waals surface area contributed by atoms with E-state index in [0.717, 1.165) is 19.4 Å². The van der Waals surface area contributed by atoms with Crippen LogP contribution in [0.4, 0.5) is 14.9 Å². The molecule has 23 heavy (non-hydrogen) atoms. The Labute approximate surface area is 134 Å². The summed E-state index contributed by atoms with van der Waals surface area (Å²) >= 11 is 0. The minimum atomic E-state index is -0.338. The number of nitrogens with zero attached hydrogens (tertiary/aromatic N) is 1. The zero-order valence-corrected chi connectivity index (χ0v) is 12.7. The summed E-state index contributed by atoms with van der Waals surface area (Å²) in [6, 6.07) is 9.04. The van der Waals surface area contributed by atoms with Gasteiger partial charge >= 0.3 is 6.03 Å². The molecule has 6 heteroatoms. The standard InChI is InChI=1S/C17H19FN2O3/c18-13-5-7-14(8-6-13)19-17(21)20(11-15-3-1-9-22-15)12-16-4-2-10-23-16/h1,3,5-9,16H,2,4,10-12H2,(H,19,21)/t16-/m0/s1. The van der Waals surface area contributed by atoms with Crippen molar-refractivity contribution in [2.45, 2.75) is 25.5 Å². The number of rotatable bonds is 5. The van der Waals surface area contributed by atoms with Crippen molar-refractivity contribution in [3.8, 4) is 0 Å². The lowest BCUT2D eigenvalue weighted by atomic mass is 10.2. The van der Waals surface area contributed by atoms with Crippen molar-refractivity contribution in [2.75, 3.05) is 18.5 Å². The summed E-state index contributed by atoms with van der Waals surface area (Å²) in [5.74, 6) is 0.368. The Hall–Kier alpha value is -2.34. The Morgan fingerprint density at radius 2 is 2.13 bits per heavy atom. The number of urea groups is 1. The fourth-order valence-electron chi connectivity index (χ4n) is 2.58. The summed E-state index contributed by atoms with van der Waals surface area (Å²) in [6.07, 6.45) is 3.58. The molecule has 1 N–H and O–H groups in total. The molecule has 0 saturated carbocycles. The van der Waals surface area contributed by atoms with Gasteiger partial charge in [0.25, 0.3) is 0 Å². The quantitative estimate of drug-likeness (QED) is 0.916. The second kappa shape index (κ2) is 7.28. The fourth-order valence-corrected chi connectivity index (χ4v) is 2.58. The number of nitrogens with one attached hydrogen (secondary N) is 1. The first-order chi connectivity index (χ1) is 11.2. The van der Waals surface area contributed by atoms with E-state index < -0.39 is 0 Å². The van der Waals surface area contributed by atoms with Crippen LogP contribution < -0.4 is 5.32 Å². The lowest BCUT2D eigenvalue weighted by Crippen LogP contribution is -2.39. The maximum absolute atomic E-state index is 13.0. The molecular weight excluding hydrogens is 299 g/mol. The highest BCUT2D eigenvalue weighted by atomic mass is 19.1. The van der Waals surface area contributed by atoms with Crippen molar-refractivity contribution in [2.24, 2.45) is 0 Å². The van der Waals surface area contributed by atoms with Crippen molar-refractivity contribution < 1.29 is 18.3 Å². The van der Waals surface area contributed by atoms with Crippen LogP contribution in [-0.4, -0.2) is 30.2 Å². The first-order valence-electron chi connectivity index (χ1n) is 7.66. The van der Waals surface area contributed by atoms with E-state index in [1.54, 1.807) is 17.2 Å². The molecule has 5 nitrogen and oxygen atoms in total. The van der Waals surface area contributed by atoms with Crippen LogP contribution in [0.25, 0.3) is 0 Å². The van der Waals surface area contributed by atoms with Crippen LogP contribution in [0.5, 0.6) is 0 Å². The zero-order chi connectivity index (χ0) is 16.1. The number of carbonyl (C=O) groups excluding carboxylic acids is 1. The number of anilines is 1. The number of ether oxygens (including phenoxy) is 1. The van der Waals surface area contributed by atoms with E-state index in [-0.39, 0.29) is 18.0 Å². The maximum atomic E-state index is 13.0. The third kappa shape index (κ3) is 4.32. The topological polar surface area (TPSA) is 54.7 Å². The van der Waals surface area contributed by atoms with E-state index in [0.29, 0.717) is 24.5 Å². The van der Waals surface area contributed by atoms with Gasteiger partial charge in [0.1, 0.15) is 11.6 Å². The normalized spacial score (nSPS) is 17.2. The summed E-state index contributed by atoms with van der Waals surface area (Å²) in [7, 11) is 0. The molecule has 1 saturated heterocycles. The molecule has 1 aliphatic rings. The SMILES string of the molecule is O=C(Nc1ccc(F)cc1)N(Cc1ccco1)C[C@@H]1CCCO1. The highest BCUT2D eigenvalue weighted by Gasteiger charge is 2.23. The van der Waals surface area contributed by atoms with Crippen LogP contribution in [0.3, 0.4) is 0 Å². The average molecular weight is 318 g/mol. The van der Waals surface area contributed by atoms with E-state index in [1.165, 1.54) is 24.3 Å². The average Bonchev–Trinajstić information content (AvgIpc) is 3.22. The Kier molecular flexibility index (Phi) is 4.92. The van der Waals surface area contributed by atoms with Crippen LogP contribution in [0.15, 0.2) is 47.1 Å². The van der Waals surface area contributed by atoms with Crippen molar-refractivity contribution >= 4 is 11.7 Å². The van der Waals surface area contributed by atoms with Gasteiger partial charge in [0.05, 0.1) is 18.9 Å². The molecule has 0 unspecified atom stereocenters. The number of hydrogen-bond acceptors (Lipinski definition) is 3. The minimum absolute atomic E-state index is 0.0453. The smallest absolute Gasteiger partial charge is 0.322 e. The minimum Gasteiger partial charge on any atom is -0.467 e. The van der Waals surface area contributed by atoms with Gasteiger partial charge in [0, 0.05) is 18.8 Å². The number of benzene rings is 1. The van der Waals surface area contributed by atoms with Gasteiger partial charge in [-0.25, -0.2) is 9.18 Å². The lowest BCUT2D eigenvalue weighted by Gasteiger charge is -2.25. The third-order valence-corrected chi connectivity index (χ3v) is 3.76. The Morgan fingerprint density at radius 3 is 2.78 bits per heavy atom. The molecule has 3 rings (SSSR count). The van der Waals surface area contributed by atoms with Crippen LogP contribution in [0, 0.1) is 5.82 Å². The van der Waals surface area contributed by atoms with Gasteiger partial charge in [-0.3, -0.25) is 0 Å². The Bertz CT molecular complexity index is 622. The van der Waals surface area contributed by atoms with Crippen LogP contribution in [-0.2, 0) is 11.3 Å². The van der Waals surface area contributed by atoms with Crippen molar-refractivity contribution in [1.82, 2.24) is 4.90 Å². The monoisotopic (exact) mass is 318 g/mol. The molecule has 1 aromatic heterocycles. The molecule has 2 heterocycles. The van der Waals surface area contributed by atoms with E-state index in [9.17, 15) is 9.18 Å². The van der Waals surface area contributed by atoms with E-state index >= 15 is 0 Å². The molecule has 1 aromatic carbocycles. The number of halogens is 1. The lowest BCUT2D eigenvalue weighted by molar-refractivity contribution is 0.0803. The van der Waals surface area contributed by atoms with Gasteiger partial charge < -0.3 is 19.4 Å². The second-order valence-corrected chi connectivity index (χ2v) is 5.53. The summed E-state index contributed by atoms with van der Waals surface area (Å²) in [5.41, 5.74) is 0.549. The van der Waals surface area contributed by atoms with Crippen LogP contribution >= 0.6 is 0 Å². The third-order valence-electron chi connectivity index (χ3n) is 3.76. The first-order valence-corrected chi connectivity index (χ1v) is 7.66. The Morgan fingerprint density at radius 1 is 1.30 bits per heavy atom. The molecule has 2 amide bonds. The molecule has 1 aliphatic heterocycles. The van der Waals surface area contributed by atoms with Crippen LogP contribution in [0.1, 0.15) is 18.6 Å². The molecule has 0 bridgehead atoms. The molecule has 0 spiro atoms. The van der Waals surface area contributed by atoms with Crippen molar-refractivity contribution in [3.05, 3.63) is 54.2 Å². The molecule has 122 valence electrons. The zero-order valence-electron chi connectivity index (χ0n) is 12.7. The predicted octanol–water partition coefficient (Wildman–Crippen LogP) is 3.63.